The number of anilines is 3. The maximum absolute atomic E-state index is 13.9. The fourth-order valence-corrected chi connectivity index (χ4v) is 6.40. The number of aryl methyl sites for hydroxylation is 2. The lowest BCUT2D eigenvalue weighted by Gasteiger charge is -2.33. The SMILES string of the molecule is Cc1ccc2c(c1)Nc1c(cnn1C)CN2C(=O)C1CCC(CNC(=O)CC2CCN(C(=O)OC(C)(C)C)CC2)CC1. The Labute approximate surface area is 249 Å². The third-order valence-corrected chi connectivity index (χ3v) is 8.83. The summed E-state index contributed by atoms with van der Waals surface area (Å²) < 4.78 is 7.30. The number of aromatic nitrogens is 2. The van der Waals surface area contributed by atoms with Gasteiger partial charge in [0.05, 0.1) is 24.1 Å². The Hall–Kier alpha value is -3.56. The minimum Gasteiger partial charge on any atom is -0.444 e. The standard InChI is InChI=1S/C32H46N6O4/c1-21-6-11-27-26(16-21)35-29-25(19-34-36(29)5)20-38(27)30(40)24-9-7-23(8-10-24)18-33-28(39)17-22-12-14-37(15-13-22)31(41)42-32(2,3)4/h6,11,16,19,22-24,35H,7-10,12-15,17-18,20H2,1-5H3,(H,33,39). The summed E-state index contributed by atoms with van der Waals surface area (Å²) in [5.41, 5.74) is 3.48. The van der Waals surface area contributed by atoms with Crippen LogP contribution in [0.3, 0.4) is 0 Å². The number of nitrogens with one attached hydrogen (secondary N) is 2. The molecule has 1 aromatic heterocycles. The number of nitrogens with zero attached hydrogens (tertiary/aromatic N) is 4. The van der Waals surface area contributed by atoms with Crippen LogP contribution < -0.4 is 15.5 Å². The summed E-state index contributed by atoms with van der Waals surface area (Å²) in [4.78, 5) is 42.6. The Kier molecular flexibility index (Phi) is 8.80. The second-order valence-electron chi connectivity index (χ2n) is 13.3. The van der Waals surface area contributed by atoms with Crippen LogP contribution in [0.15, 0.2) is 24.4 Å². The summed E-state index contributed by atoms with van der Waals surface area (Å²) in [7, 11) is 1.91. The number of amides is 3. The number of carbonyl (C=O) groups excluding carboxylic acids is 3. The zero-order chi connectivity index (χ0) is 30.0. The van der Waals surface area contributed by atoms with E-state index in [0.29, 0.717) is 38.5 Å². The van der Waals surface area contributed by atoms with Gasteiger partial charge in [-0.15, -0.1) is 0 Å². The second kappa shape index (κ2) is 12.4. The number of ether oxygens (including phenoxy) is 1. The number of fused-ring (bicyclic) bond motifs is 2. The van der Waals surface area contributed by atoms with E-state index in [1.807, 2.05) is 49.7 Å². The molecule has 1 aliphatic carbocycles. The molecule has 2 fully saturated rings. The van der Waals surface area contributed by atoms with Gasteiger partial charge in [-0.25, -0.2) is 4.79 Å². The fourth-order valence-electron chi connectivity index (χ4n) is 6.40. The van der Waals surface area contributed by atoms with Gasteiger partial charge in [0.15, 0.2) is 0 Å². The number of hydrogen-bond acceptors (Lipinski definition) is 6. The van der Waals surface area contributed by atoms with Crippen molar-refractivity contribution in [1.82, 2.24) is 20.0 Å². The average molecular weight is 579 g/mol. The third kappa shape index (κ3) is 7.07. The highest BCUT2D eigenvalue weighted by atomic mass is 16.6. The van der Waals surface area contributed by atoms with Gasteiger partial charge in [-0.05, 0) is 95.8 Å². The van der Waals surface area contributed by atoms with Crippen LogP contribution in [0, 0.1) is 24.7 Å². The summed E-state index contributed by atoms with van der Waals surface area (Å²) in [6.07, 6.45) is 7.20. The molecule has 2 aromatic rings. The van der Waals surface area contributed by atoms with E-state index in [0.717, 1.165) is 66.8 Å². The maximum atomic E-state index is 13.9. The van der Waals surface area contributed by atoms with Gasteiger partial charge in [0.25, 0.3) is 0 Å². The number of likely N-dealkylation sites (tertiary alicyclic amines) is 1. The molecular formula is C32H46N6O4. The van der Waals surface area contributed by atoms with Crippen molar-refractivity contribution in [2.45, 2.75) is 84.8 Å². The van der Waals surface area contributed by atoms with Gasteiger partial charge in [-0.1, -0.05) is 6.07 Å². The van der Waals surface area contributed by atoms with Gasteiger partial charge < -0.3 is 25.2 Å². The predicted molar refractivity (Wildman–Crippen MR) is 162 cm³/mol. The van der Waals surface area contributed by atoms with Crippen LogP contribution >= 0.6 is 0 Å². The van der Waals surface area contributed by atoms with Crippen molar-refractivity contribution >= 4 is 35.1 Å². The molecule has 1 aromatic carbocycles. The zero-order valence-corrected chi connectivity index (χ0v) is 25.7. The summed E-state index contributed by atoms with van der Waals surface area (Å²) in [6, 6.07) is 6.18. The zero-order valence-electron chi connectivity index (χ0n) is 25.7. The molecule has 0 atom stereocenters. The number of rotatable bonds is 5. The molecule has 2 aliphatic heterocycles. The normalized spacial score (nSPS) is 21.1. The van der Waals surface area contributed by atoms with Crippen LogP contribution in [0.4, 0.5) is 22.0 Å². The molecule has 10 nitrogen and oxygen atoms in total. The highest BCUT2D eigenvalue weighted by Crippen LogP contribution is 2.39. The smallest absolute Gasteiger partial charge is 0.410 e. The van der Waals surface area contributed by atoms with Crippen LogP contribution in [0.25, 0.3) is 0 Å². The van der Waals surface area contributed by atoms with Crippen molar-refractivity contribution in [3.05, 3.63) is 35.5 Å². The van der Waals surface area contributed by atoms with Crippen molar-refractivity contribution in [2.24, 2.45) is 24.8 Å². The Bertz CT molecular complexity index is 1300. The Morgan fingerprint density at radius 1 is 1.05 bits per heavy atom. The van der Waals surface area contributed by atoms with Crippen molar-refractivity contribution in [1.29, 1.82) is 0 Å². The summed E-state index contributed by atoms with van der Waals surface area (Å²) in [6.45, 7) is 10.1. The van der Waals surface area contributed by atoms with E-state index in [1.54, 1.807) is 4.90 Å². The van der Waals surface area contributed by atoms with Crippen LogP contribution in [-0.2, 0) is 27.9 Å². The highest BCUT2D eigenvalue weighted by Gasteiger charge is 2.34. The lowest BCUT2D eigenvalue weighted by molar-refractivity contribution is -0.124. The molecule has 5 rings (SSSR count). The molecule has 3 aliphatic rings. The Balaban J connectivity index is 1.08. The molecule has 1 saturated heterocycles. The molecule has 3 amide bonds. The fraction of sp³-hybridized carbons (Fsp3) is 0.625. The van der Waals surface area contributed by atoms with E-state index in [9.17, 15) is 14.4 Å². The topological polar surface area (TPSA) is 109 Å². The quantitative estimate of drug-likeness (QED) is 0.500. The van der Waals surface area contributed by atoms with Crippen LogP contribution in [-0.4, -0.2) is 57.8 Å². The molecule has 3 heterocycles. The number of hydrogen-bond donors (Lipinski definition) is 2. The van der Waals surface area contributed by atoms with Crippen molar-refractivity contribution in [2.75, 3.05) is 29.9 Å². The van der Waals surface area contributed by atoms with E-state index < -0.39 is 5.60 Å². The van der Waals surface area contributed by atoms with Crippen molar-refractivity contribution in [3.8, 4) is 0 Å². The molecule has 228 valence electrons. The molecule has 0 unspecified atom stereocenters. The molecular weight excluding hydrogens is 532 g/mol. The maximum Gasteiger partial charge on any atom is 0.410 e. The first kappa shape index (κ1) is 29.9. The molecule has 42 heavy (non-hydrogen) atoms. The largest absolute Gasteiger partial charge is 0.444 e. The summed E-state index contributed by atoms with van der Waals surface area (Å²) in [5.74, 6) is 1.81. The summed E-state index contributed by atoms with van der Waals surface area (Å²) >= 11 is 0. The van der Waals surface area contributed by atoms with Gasteiger partial charge >= 0.3 is 6.09 Å². The summed E-state index contributed by atoms with van der Waals surface area (Å²) in [5, 5.41) is 11.1. The molecule has 2 N–H and O–H groups in total. The Morgan fingerprint density at radius 2 is 1.76 bits per heavy atom. The first-order valence-electron chi connectivity index (χ1n) is 15.4. The number of piperidine rings is 1. The van der Waals surface area contributed by atoms with Gasteiger partial charge in [0.2, 0.25) is 11.8 Å². The molecule has 0 radical (unpaired) electrons. The number of benzene rings is 1. The van der Waals surface area contributed by atoms with Gasteiger partial charge in [-0.2, -0.15) is 5.10 Å². The van der Waals surface area contributed by atoms with E-state index in [-0.39, 0.29) is 29.7 Å². The first-order valence-corrected chi connectivity index (χ1v) is 15.4. The van der Waals surface area contributed by atoms with Gasteiger partial charge in [0.1, 0.15) is 11.4 Å². The first-order chi connectivity index (χ1) is 20.0. The van der Waals surface area contributed by atoms with Crippen LogP contribution in [0.5, 0.6) is 0 Å². The van der Waals surface area contributed by atoms with Crippen molar-refractivity contribution in [3.63, 3.8) is 0 Å². The molecule has 1 saturated carbocycles. The van der Waals surface area contributed by atoms with E-state index >= 15 is 0 Å². The molecule has 0 spiro atoms. The van der Waals surface area contributed by atoms with Crippen LogP contribution in [0.2, 0.25) is 0 Å². The Morgan fingerprint density at radius 3 is 2.45 bits per heavy atom. The third-order valence-electron chi connectivity index (χ3n) is 8.83. The number of carbonyl (C=O) groups is 3. The monoisotopic (exact) mass is 578 g/mol. The van der Waals surface area contributed by atoms with Crippen LogP contribution in [0.1, 0.15) is 76.8 Å². The lowest BCUT2D eigenvalue weighted by atomic mass is 9.81. The van der Waals surface area contributed by atoms with E-state index in [4.69, 9.17) is 4.74 Å². The highest BCUT2D eigenvalue weighted by molar-refractivity contribution is 5.99. The second-order valence-corrected chi connectivity index (χ2v) is 13.3. The average Bonchev–Trinajstić information content (AvgIpc) is 3.19. The van der Waals surface area contributed by atoms with Crippen molar-refractivity contribution < 1.29 is 19.1 Å². The minimum atomic E-state index is -0.501. The van der Waals surface area contributed by atoms with E-state index in [1.165, 1.54) is 0 Å². The molecule has 10 heteroatoms. The van der Waals surface area contributed by atoms with Gasteiger partial charge in [0, 0.05) is 44.6 Å². The van der Waals surface area contributed by atoms with Gasteiger partial charge in [-0.3, -0.25) is 14.3 Å². The molecule has 0 bridgehead atoms. The predicted octanol–water partition coefficient (Wildman–Crippen LogP) is 5.28. The minimum absolute atomic E-state index is 0.0283. The van der Waals surface area contributed by atoms with E-state index in [2.05, 4.69) is 34.8 Å². The lowest BCUT2D eigenvalue weighted by Crippen LogP contribution is -2.42.